The summed E-state index contributed by atoms with van der Waals surface area (Å²) in [6.45, 7) is 0. The van der Waals surface area contributed by atoms with Crippen molar-refractivity contribution in [3.8, 4) is 5.75 Å². The Labute approximate surface area is 120 Å². The minimum Gasteiger partial charge on any atom is -0.489 e. The Kier molecular flexibility index (Phi) is 4.13. The minimum absolute atomic E-state index is 0.0887. The monoisotopic (exact) mass is 288 g/mol. The molecule has 0 saturated carbocycles. The molecule has 0 saturated heterocycles. The number of nitro benzene ring substituents is 1. The molecule has 2 aromatic rings. The van der Waals surface area contributed by atoms with Gasteiger partial charge < -0.3 is 9.47 Å². The summed E-state index contributed by atoms with van der Waals surface area (Å²) in [4.78, 5) is 25.7. The maximum absolute atomic E-state index is 11.1. The minimum atomic E-state index is -0.531. The maximum atomic E-state index is 11.1. The van der Waals surface area contributed by atoms with Crippen molar-refractivity contribution >= 4 is 28.6 Å². The van der Waals surface area contributed by atoms with Crippen molar-refractivity contribution in [1.82, 2.24) is 4.98 Å². The number of rotatable bonds is 4. The first-order valence-electron chi connectivity index (χ1n) is 5.94. The van der Waals surface area contributed by atoms with Gasteiger partial charge in [0.25, 0.3) is 0 Å². The van der Waals surface area contributed by atoms with Crippen LogP contribution in [0.5, 0.6) is 5.75 Å². The number of carbonyl (C=O) groups excluding carboxylic acids is 1. The van der Waals surface area contributed by atoms with E-state index in [2.05, 4.69) is 9.72 Å². The molecule has 0 unspecified atom stereocenters. The molecule has 0 amide bonds. The number of hydrogen-bond acceptors (Lipinski definition) is 6. The first kappa shape index (κ1) is 14.4. The van der Waals surface area contributed by atoms with Crippen molar-refractivity contribution in [2.45, 2.75) is 0 Å². The van der Waals surface area contributed by atoms with Crippen LogP contribution in [-0.2, 0) is 9.53 Å². The number of aromatic nitrogens is 1. The van der Waals surface area contributed by atoms with Crippen molar-refractivity contribution in [3.05, 3.63) is 46.1 Å². The van der Waals surface area contributed by atoms with E-state index in [0.29, 0.717) is 16.5 Å². The molecule has 0 atom stereocenters. The number of esters is 1. The lowest BCUT2D eigenvalue weighted by molar-refractivity contribution is -0.385. The van der Waals surface area contributed by atoms with Crippen LogP contribution in [0.15, 0.2) is 30.5 Å². The van der Waals surface area contributed by atoms with Crippen LogP contribution in [0.3, 0.4) is 0 Å². The average Bonchev–Trinajstić information content (AvgIpc) is 2.50. The molecule has 0 aliphatic carbocycles. The first-order valence-corrected chi connectivity index (χ1v) is 5.94. The number of hydrogen-bond donors (Lipinski definition) is 0. The predicted molar refractivity (Wildman–Crippen MR) is 76.0 cm³/mol. The maximum Gasteiger partial charge on any atom is 0.330 e. The zero-order valence-corrected chi connectivity index (χ0v) is 11.4. The van der Waals surface area contributed by atoms with E-state index in [4.69, 9.17) is 4.74 Å². The Morgan fingerprint density at radius 3 is 2.71 bits per heavy atom. The molecule has 108 valence electrons. The number of carbonyl (C=O) groups is 1. The summed E-state index contributed by atoms with van der Waals surface area (Å²) in [6.07, 6.45) is 4.31. The first-order chi connectivity index (χ1) is 10.1. The zero-order chi connectivity index (χ0) is 15.4. The van der Waals surface area contributed by atoms with Gasteiger partial charge in [0.15, 0.2) is 0 Å². The van der Waals surface area contributed by atoms with Crippen molar-refractivity contribution in [2.24, 2.45) is 0 Å². The van der Waals surface area contributed by atoms with E-state index in [1.165, 1.54) is 32.6 Å². The molecule has 0 aliphatic rings. The van der Waals surface area contributed by atoms with Crippen LogP contribution >= 0.6 is 0 Å². The van der Waals surface area contributed by atoms with Gasteiger partial charge in [-0.3, -0.25) is 15.1 Å². The highest BCUT2D eigenvalue weighted by molar-refractivity contribution is 5.97. The lowest BCUT2D eigenvalue weighted by atomic mass is 10.1. The largest absolute Gasteiger partial charge is 0.489 e. The number of ether oxygens (including phenoxy) is 2. The molecule has 0 radical (unpaired) electrons. The summed E-state index contributed by atoms with van der Waals surface area (Å²) in [6, 6.07) is 4.60. The van der Waals surface area contributed by atoms with Crippen LogP contribution in [0, 0.1) is 10.1 Å². The van der Waals surface area contributed by atoms with Crippen LogP contribution in [0.2, 0.25) is 0 Å². The van der Waals surface area contributed by atoms with E-state index in [1.54, 1.807) is 18.2 Å². The molecule has 0 spiro atoms. The molecule has 7 nitrogen and oxygen atoms in total. The Morgan fingerprint density at radius 2 is 2.10 bits per heavy atom. The van der Waals surface area contributed by atoms with Gasteiger partial charge in [0.1, 0.15) is 5.52 Å². The second kappa shape index (κ2) is 6.00. The third-order valence-electron chi connectivity index (χ3n) is 2.88. The van der Waals surface area contributed by atoms with Crippen LogP contribution in [0.4, 0.5) is 5.69 Å². The van der Waals surface area contributed by atoms with Crippen molar-refractivity contribution in [1.29, 1.82) is 0 Å². The van der Waals surface area contributed by atoms with Crippen molar-refractivity contribution < 1.29 is 19.2 Å². The number of pyridine rings is 1. The predicted octanol–water partition coefficient (Wildman–Crippen LogP) is 2.34. The second-order valence-electron chi connectivity index (χ2n) is 4.03. The number of methoxy groups -OCH3 is 2. The molecular formula is C14H12N2O5. The Morgan fingerprint density at radius 1 is 1.33 bits per heavy atom. The summed E-state index contributed by atoms with van der Waals surface area (Å²) in [7, 11) is 2.63. The molecule has 21 heavy (non-hydrogen) atoms. The van der Waals surface area contributed by atoms with Crippen LogP contribution < -0.4 is 4.74 Å². The fourth-order valence-electron chi connectivity index (χ4n) is 1.92. The summed E-state index contributed by atoms with van der Waals surface area (Å²) in [5.74, 6) is -0.403. The molecular weight excluding hydrogens is 276 g/mol. The number of nitrogens with zero attached hydrogens (tertiary/aromatic N) is 2. The molecule has 0 N–H and O–H groups in total. The van der Waals surface area contributed by atoms with E-state index in [0.717, 1.165) is 0 Å². The van der Waals surface area contributed by atoms with E-state index in [-0.39, 0.29) is 11.4 Å². The van der Waals surface area contributed by atoms with E-state index >= 15 is 0 Å². The van der Waals surface area contributed by atoms with Gasteiger partial charge in [0, 0.05) is 23.7 Å². The molecule has 0 fully saturated rings. The topological polar surface area (TPSA) is 91.6 Å². The third-order valence-corrected chi connectivity index (χ3v) is 2.88. The summed E-state index contributed by atoms with van der Waals surface area (Å²) < 4.78 is 9.63. The fourth-order valence-corrected chi connectivity index (χ4v) is 1.92. The highest BCUT2D eigenvalue weighted by Crippen LogP contribution is 2.35. The molecule has 0 bridgehead atoms. The quantitative estimate of drug-likeness (QED) is 0.371. The van der Waals surface area contributed by atoms with Crippen molar-refractivity contribution in [3.63, 3.8) is 0 Å². The smallest absolute Gasteiger partial charge is 0.330 e. The Bertz CT molecular complexity index is 739. The van der Waals surface area contributed by atoms with Gasteiger partial charge in [-0.1, -0.05) is 0 Å². The zero-order valence-electron chi connectivity index (χ0n) is 11.4. The van der Waals surface area contributed by atoms with Gasteiger partial charge in [-0.25, -0.2) is 4.79 Å². The molecule has 0 aliphatic heterocycles. The van der Waals surface area contributed by atoms with E-state index < -0.39 is 10.9 Å². The van der Waals surface area contributed by atoms with Gasteiger partial charge in [-0.05, 0) is 23.8 Å². The highest BCUT2D eigenvalue weighted by Gasteiger charge is 2.19. The number of fused-ring (bicyclic) bond motifs is 1. The SMILES string of the molecule is COC(=O)/C=C/c1ccnc2c(OC)c([N+](=O)[O-])ccc12. The van der Waals surface area contributed by atoms with E-state index in [9.17, 15) is 14.9 Å². The van der Waals surface area contributed by atoms with Crippen LogP contribution in [-0.4, -0.2) is 30.1 Å². The Balaban J connectivity index is 2.64. The molecule has 1 aromatic heterocycles. The Hall–Kier alpha value is -2.96. The summed E-state index contributed by atoms with van der Waals surface area (Å²) in [5.41, 5.74) is 0.879. The third kappa shape index (κ3) is 2.81. The summed E-state index contributed by atoms with van der Waals surface area (Å²) >= 11 is 0. The normalized spacial score (nSPS) is 10.8. The van der Waals surface area contributed by atoms with Gasteiger partial charge >= 0.3 is 11.7 Å². The molecule has 2 rings (SSSR count). The van der Waals surface area contributed by atoms with Crippen molar-refractivity contribution in [2.75, 3.05) is 14.2 Å². The highest BCUT2D eigenvalue weighted by atomic mass is 16.6. The van der Waals surface area contributed by atoms with Crippen LogP contribution in [0.1, 0.15) is 5.56 Å². The van der Waals surface area contributed by atoms with Crippen LogP contribution in [0.25, 0.3) is 17.0 Å². The standard InChI is InChI=1S/C14H12N2O5/c1-20-12(17)6-3-9-7-8-15-13-10(9)4-5-11(16(18)19)14(13)21-2/h3-8H,1-2H3/b6-3+. The lowest BCUT2D eigenvalue weighted by Gasteiger charge is -2.07. The molecule has 1 heterocycles. The number of benzene rings is 1. The summed E-state index contributed by atoms with van der Waals surface area (Å²) in [5, 5.41) is 11.6. The average molecular weight is 288 g/mol. The lowest BCUT2D eigenvalue weighted by Crippen LogP contribution is -1.97. The second-order valence-corrected chi connectivity index (χ2v) is 4.03. The van der Waals surface area contributed by atoms with Gasteiger partial charge in [0.05, 0.1) is 19.1 Å². The molecule has 1 aromatic carbocycles. The fraction of sp³-hybridized carbons (Fsp3) is 0.143. The van der Waals surface area contributed by atoms with Gasteiger partial charge in [-0.15, -0.1) is 0 Å². The number of nitro groups is 1. The van der Waals surface area contributed by atoms with Gasteiger partial charge in [0.2, 0.25) is 5.75 Å². The van der Waals surface area contributed by atoms with Gasteiger partial charge in [-0.2, -0.15) is 0 Å². The molecule has 7 heteroatoms. The van der Waals surface area contributed by atoms with E-state index in [1.807, 2.05) is 0 Å².